The maximum Gasteiger partial charge on any atom is 0.246 e. The molecule has 1 aromatic rings. The molecule has 0 aliphatic heterocycles. The van der Waals surface area contributed by atoms with Gasteiger partial charge < -0.3 is 5.32 Å². The molecule has 0 aliphatic rings. The number of unbranched alkanes of at least 4 members (excludes halogenated alkanes) is 1. The number of amides is 1. The predicted molar refractivity (Wildman–Crippen MR) is 86.4 cm³/mol. The second kappa shape index (κ2) is 9.35. The van der Waals surface area contributed by atoms with Gasteiger partial charge in [0.2, 0.25) is 5.91 Å². The van der Waals surface area contributed by atoms with Crippen molar-refractivity contribution in [2.24, 2.45) is 5.92 Å². The average molecular weight is 273 g/mol. The number of carbonyl (C=O) groups excluding carboxylic acids is 1. The smallest absolute Gasteiger partial charge is 0.246 e. The van der Waals surface area contributed by atoms with E-state index in [1.54, 1.807) is 0 Å². The van der Waals surface area contributed by atoms with Crippen molar-refractivity contribution in [2.45, 2.75) is 46.5 Å². The molecule has 0 heterocycles. The van der Waals surface area contributed by atoms with Gasteiger partial charge in [0.25, 0.3) is 0 Å². The van der Waals surface area contributed by atoms with Crippen molar-refractivity contribution in [3.8, 4) is 0 Å². The van der Waals surface area contributed by atoms with Crippen molar-refractivity contribution >= 4 is 12.0 Å². The molecule has 2 heteroatoms. The Morgan fingerprint density at radius 3 is 2.55 bits per heavy atom. The molecule has 0 aliphatic carbocycles. The van der Waals surface area contributed by atoms with Crippen LogP contribution in [0.5, 0.6) is 0 Å². The number of carbonyl (C=O) groups is 1. The Morgan fingerprint density at radius 1 is 1.25 bits per heavy atom. The summed E-state index contributed by atoms with van der Waals surface area (Å²) in [4.78, 5) is 12.1. The molecule has 1 aromatic carbocycles. The van der Waals surface area contributed by atoms with E-state index in [0.29, 0.717) is 5.92 Å². The molecule has 1 rings (SSSR count). The van der Waals surface area contributed by atoms with Crippen LogP contribution in [0.1, 0.15) is 52.0 Å². The molecule has 1 N–H and O–H groups in total. The summed E-state index contributed by atoms with van der Waals surface area (Å²) in [5.41, 5.74) is 1.83. The predicted octanol–water partition coefficient (Wildman–Crippen LogP) is 4.42. The van der Waals surface area contributed by atoms with E-state index in [1.165, 1.54) is 19.3 Å². The highest BCUT2D eigenvalue weighted by atomic mass is 16.1. The first-order valence-electron chi connectivity index (χ1n) is 7.68. The third-order valence-electron chi connectivity index (χ3n) is 3.64. The van der Waals surface area contributed by atoms with E-state index in [2.05, 4.69) is 19.2 Å². The molecule has 0 fully saturated rings. The topological polar surface area (TPSA) is 29.1 Å². The zero-order valence-electron chi connectivity index (χ0n) is 13.0. The van der Waals surface area contributed by atoms with E-state index in [9.17, 15) is 4.79 Å². The lowest BCUT2D eigenvalue weighted by molar-refractivity contribution is -0.117. The quantitative estimate of drug-likeness (QED) is 0.698. The van der Waals surface area contributed by atoms with Gasteiger partial charge in [-0.15, -0.1) is 0 Å². The number of hydrogen-bond acceptors (Lipinski definition) is 1. The Balaban J connectivity index is 2.47. The molecular formula is C18H27NO. The van der Waals surface area contributed by atoms with Crippen molar-refractivity contribution in [1.29, 1.82) is 0 Å². The van der Waals surface area contributed by atoms with Crippen molar-refractivity contribution in [2.75, 3.05) is 6.54 Å². The zero-order valence-corrected chi connectivity index (χ0v) is 13.0. The minimum atomic E-state index is 0.0452. The first kappa shape index (κ1) is 16.5. The summed E-state index contributed by atoms with van der Waals surface area (Å²) in [7, 11) is 0. The maximum absolute atomic E-state index is 12.1. The fourth-order valence-electron chi connectivity index (χ4n) is 2.18. The molecule has 1 amide bonds. The van der Waals surface area contributed by atoms with Crippen LogP contribution in [0.2, 0.25) is 0 Å². The summed E-state index contributed by atoms with van der Waals surface area (Å²) in [6.07, 6.45) is 6.73. The van der Waals surface area contributed by atoms with Crippen molar-refractivity contribution in [3.05, 3.63) is 41.5 Å². The van der Waals surface area contributed by atoms with E-state index in [0.717, 1.165) is 24.1 Å². The van der Waals surface area contributed by atoms with Crippen molar-refractivity contribution < 1.29 is 4.79 Å². The van der Waals surface area contributed by atoms with Gasteiger partial charge in [0, 0.05) is 12.1 Å². The van der Waals surface area contributed by atoms with Gasteiger partial charge in [-0.25, -0.2) is 0 Å². The summed E-state index contributed by atoms with van der Waals surface area (Å²) in [5, 5.41) is 3.06. The highest BCUT2D eigenvalue weighted by Gasteiger charge is 2.09. The molecule has 0 bridgehead atoms. The standard InChI is InChI=1S/C18H27NO/c1-4-6-10-16(5-2)14-19-18(20)15(3)13-17-11-8-7-9-12-17/h7-9,11-13,16H,4-6,10,14H2,1-3H3,(H,19,20). The second-order valence-electron chi connectivity index (χ2n) is 5.36. The number of benzene rings is 1. The molecule has 0 aromatic heterocycles. The van der Waals surface area contributed by atoms with Gasteiger partial charge in [0.1, 0.15) is 0 Å². The van der Waals surface area contributed by atoms with Gasteiger partial charge in [0.05, 0.1) is 0 Å². The molecule has 0 radical (unpaired) electrons. The number of rotatable bonds is 8. The lowest BCUT2D eigenvalue weighted by atomic mass is 9.99. The molecule has 0 saturated carbocycles. The van der Waals surface area contributed by atoms with Crippen LogP contribution in [0.15, 0.2) is 35.9 Å². The highest BCUT2D eigenvalue weighted by Crippen LogP contribution is 2.12. The highest BCUT2D eigenvalue weighted by molar-refractivity contribution is 5.97. The van der Waals surface area contributed by atoms with Gasteiger partial charge in [-0.05, 0) is 30.9 Å². The van der Waals surface area contributed by atoms with Crippen LogP contribution in [-0.2, 0) is 4.79 Å². The second-order valence-corrected chi connectivity index (χ2v) is 5.36. The van der Waals surface area contributed by atoms with Crippen molar-refractivity contribution in [1.82, 2.24) is 5.32 Å². The van der Waals surface area contributed by atoms with Gasteiger partial charge in [0.15, 0.2) is 0 Å². The van der Waals surface area contributed by atoms with Crippen LogP contribution in [0, 0.1) is 5.92 Å². The van der Waals surface area contributed by atoms with Crippen LogP contribution in [0.4, 0.5) is 0 Å². The van der Waals surface area contributed by atoms with Crippen LogP contribution < -0.4 is 5.32 Å². The molecule has 2 nitrogen and oxygen atoms in total. The molecule has 110 valence electrons. The van der Waals surface area contributed by atoms with Crippen LogP contribution in [0.25, 0.3) is 6.08 Å². The monoisotopic (exact) mass is 273 g/mol. The molecule has 0 spiro atoms. The fraction of sp³-hybridized carbons (Fsp3) is 0.500. The van der Waals surface area contributed by atoms with E-state index < -0.39 is 0 Å². The summed E-state index contributed by atoms with van der Waals surface area (Å²) in [6, 6.07) is 9.95. The minimum absolute atomic E-state index is 0.0452. The van der Waals surface area contributed by atoms with E-state index >= 15 is 0 Å². The van der Waals surface area contributed by atoms with Gasteiger partial charge >= 0.3 is 0 Å². The average Bonchev–Trinajstić information content (AvgIpc) is 2.48. The van der Waals surface area contributed by atoms with Gasteiger partial charge in [-0.3, -0.25) is 4.79 Å². The van der Waals surface area contributed by atoms with Crippen LogP contribution >= 0.6 is 0 Å². The third-order valence-corrected chi connectivity index (χ3v) is 3.64. The Bertz CT molecular complexity index is 422. The summed E-state index contributed by atoms with van der Waals surface area (Å²) in [5.74, 6) is 0.646. The number of hydrogen-bond donors (Lipinski definition) is 1. The minimum Gasteiger partial charge on any atom is -0.352 e. The van der Waals surface area contributed by atoms with Crippen molar-refractivity contribution in [3.63, 3.8) is 0 Å². The maximum atomic E-state index is 12.1. The van der Waals surface area contributed by atoms with Crippen LogP contribution in [0.3, 0.4) is 0 Å². The fourth-order valence-corrected chi connectivity index (χ4v) is 2.18. The summed E-state index contributed by atoms with van der Waals surface area (Å²) in [6.45, 7) is 7.06. The Morgan fingerprint density at radius 2 is 1.95 bits per heavy atom. The van der Waals surface area contributed by atoms with E-state index in [-0.39, 0.29) is 5.91 Å². The lowest BCUT2D eigenvalue weighted by Crippen LogP contribution is -2.29. The third kappa shape index (κ3) is 6.05. The van der Waals surface area contributed by atoms with E-state index in [4.69, 9.17) is 0 Å². The molecule has 1 atom stereocenters. The molecular weight excluding hydrogens is 246 g/mol. The molecule has 0 saturated heterocycles. The summed E-state index contributed by atoms with van der Waals surface area (Å²) >= 11 is 0. The summed E-state index contributed by atoms with van der Waals surface area (Å²) < 4.78 is 0. The SMILES string of the molecule is CCCCC(CC)CNC(=O)C(C)=Cc1ccccc1. The lowest BCUT2D eigenvalue weighted by Gasteiger charge is -2.15. The van der Waals surface area contributed by atoms with Crippen LogP contribution in [-0.4, -0.2) is 12.5 Å². The largest absolute Gasteiger partial charge is 0.352 e. The Labute approximate surface area is 123 Å². The first-order chi connectivity index (χ1) is 9.67. The molecule has 20 heavy (non-hydrogen) atoms. The Kier molecular flexibility index (Phi) is 7.71. The Hall–Kier alpha value is -1.57. The van der Waals surface area contributed by atoms with Gasteiger partial charge in [-0.1, -0.05) is 63.4 Å². The first-order valence-corrected chi connectivity index (χ1v) is 7.68. The zero-order chi connectivity index (χ0) is 14.8. The number of nitrogens with one attached hydrogen (secondary N) is 1. The molecule has 1 unspecified atom stereocenters. The van der Waals surface area contributed by atoms with E-state index in [1.807, 2.05) is 43.3 Å². The van der Waals surface area contributed by atoms with Gasteiger partial charge in [-0.2, -0.15) is 0 Å². The normalized spacial score (nSPS) is 13.1.